The molecule has 0 atom stereocenters. The number of nitrogens with zero attached hydrogens (tertiary/aromatic N) is 5. The van der Waals surface area contributed by atoms with E-state index in [1.54, 1.807) is 17.9 Å². The molecule has 0 aliphatic heterocycles. The minimum atomic E-state index is 0.686. The predicted octanol–water partition coefficient (Wildman–Crippen LogP) is 0.647. The highest BCUT2D eigenvalue weighted by Crippen LogP contribution is 2.24. The van der Waals surface area contributed by atoms with Gasteiger partial charge in [-0.3, -0.25) is 0 Å². The van der Waals surface area contributed by atoms with Crippen molar-refractivity contribution < 1.29 is 0 Å². The first-order valence-electron chi connectivity index (χ1n) is 4.29. The average Bonchev–Trinajstić information content (AvgIpc) is 2.59. The van der Waals surface area contributed by atoms with E-state index in [-0.39, 0.29) is 0 Å². The SMILES string of the molecule is Cc1cnc(Sc2nnnn2C)cc1N. The molecule has 0 bridgehead atoms. The average molecular weight is 222 g/mol. The van der Waals surface area contributed by atoms with Gasteiger partial charge in [0, 0.05) is 18.9 Å². The predicted molar refractivity (Wildman–Crippen MR) is 56.3 cm³/mol. The molecule has 0 aliphatic rings. The molecule has 2 N–H and O–H groups in total. The zero-order valence-electron chi connectivity index (χ0n) is 8.38. The lowest BCUT2D eigenvalue weighted by molar-refractivity contribution is 0.664. The number of anilines is 1. The van der Waals surface area contributed by atoms with E-state index in [2.05, 4.69) is 20.5 Å². The maximum atomic E-state index is 5.78. The lowest BCUT2D eigenvalue weighted by atomic mass is 10.3. The molecule has 0 amide bonds. The summed E-state index contributed by atoms with van der Waals surface area (Å²) in [4.78, 5) is 4.23. The Kier molecular flexibility index (Phi) is 2.55. The summed E-state index contributed by atoms with van der Waals surface area (Å²) in [5.74, 6) is 0. The molecule has 0 unspecified atom stereocenters. The second kappa shape index (κ2) is 3.85. The van der Waals surface area contributed by atoms with Crippen molar-refractivity contribution in [3.63, 3.8) is 0 Å². The van der Waals surface area contributed by atoms with Gasteiger partial charge in [0.15, 0.2) is 0 Å². The van der Waals surface area contributed by atoms with Gasteiger partial charge in [0.2, 0.25) is 5.16 Å². The van der Waals surface area contributed by atoms with Crippen LogP contribution in [0.1, 0.15) is 5.56 Å². The Balaban J connectivity index is 2.25. The summed E-state index contributed by atoms with van der Waals surface area (Å²) >= 11 is 1.38. The first kappa shape index (κ1) is 9.91. The maximum Gasteiger partial charge on any atom is 0.215 e. The topological polar surface area (TPSA) is 82.5 Å². The molecule has 2 rings (SSSR count). The summed E-state index contributed by atoms with van der Waals surface area (Å²) < 4.78 is 1.59. The first-order valence-corrected chi connectivity index (χ1v) is 5.11. The van der Waals surface area contributed by atoms with Crippen LogP contribution in [0.4, 0.5) is 5.69 Å². The van der Waals surface area contributed by atoms with Crippen molar-refractivity contribution in [2.24, 2.45) is 7.05 Å². The van der Waals surface area contributed by atoms with Crippen LogP contribution in [0, 0.1) is 6.92 Å². The lowest BCUT2D eigenvalue weighted by Gasteiger charge is -2.02. The lowest BCUT2D eigenvalue weighted by Crippen LogP contribution is -1.95. The minimum Gasteiger partial charge on any atom is -0.398 e. The number of tetrazole rings is 1. The van der Waals surface area contributed by atoms with Crippen molar-refractivity contribution in [3.05, 3.63) is 17.8 Å². The van der Waals surface area contributed by atoms with Gasteiger partial charge in [0.1, 0.15) is 5.03 Å². The Morgan fingerprint density at radius 3 is 2.87 bits per heavy atom. The van der Waals surface area contributed by atoms with E-state index in [1.165, 1.54) is 11.8 Å². The molecule has 2 aromatic heterocycles. The van der Waals surface area contributed by atoms with Gasteiger partial charge in [0.25, 0.3) is 0 Å². The van der Waals surface area contributed by atoms with Crippen LogP contribution in [0.2, 0.25) is 0 Å². The molecule has 0 saturated carbocycles. The summed E-state index contributed by atoms with van der Waals surface area (Å²) in [6.07, 6.45) is 1.74. The Hall–Kier alpha value is -1.63. The quantitative estimate of drug-likeness (QED) is 0.803. The molecule has 2 aromatic rings. The van der Waals surface area contributed by atoms with Gasteiger partial charge in [-0.25, -0.2) is 9.67 Å². The standard InChI is InChI=1S/C8H10N6S/c1-5-4-10-7(3-6(5)9)15-8-11-12-13-14(8)2/h3-4H,1-2H3,(H2,9,10). The van der Waals surface area contributed by atoms with Crippen molar-refractivity contribution in [1.29, 1.82) is 0 Å². The summed E-state index contributed by atoms with van der Waals surface area (Å²) in [6.45, 7) is 1.92. The number of hydrogen-bond donors (Lipinski definition) is 1. The van der Waals surface area contributed by atoms with E-state index in [0.717, 1.165) is 16.3 Å². The number of pyridine rings is 1. The molecule has 0 saturated heterocycles. The highest BCUT2D eigenvalue weighted by Gasteiger charge is 2.06. The summed E-state index contributed by atoms with van der Waals surface area (Å²) in [5.41, 5.74) is 7.47. The van der Waals surface area contributed by atoms with E-state index >= 15 is 0 Å². The van der Waals surface area contributed by atoms with E-state index in [0.29, 0.717) is 5.16 Å². The summed E-state index contributed by atoms with van der Waals surface area (Å²) in [6, 6.07) is 1.81. The third-order valence-electron chi connectivity index (χ3n) is 1.90. The smallest absolute Gasteiger partial charge is 0.215 e. The van der Waals surface area contributed by atoms with Crippen molar-refractivity contribution in [2.75, 3.05) is 5.73 Å². The molecule has 0 aromatic carbocycles. The normalized spacial score (nSPS) is 10.5. The Labute approximate surface area is 90.9 Å². The molecule has 0 radical (unpaired) electrons. The number of rotatable bonds is 2. The van der Waals surface area contributed by atoms with Crippen LogP contribution in [-0.2, 0) is 7.05 Å². The molecule has 15 heavy (non-hydrogen) atoms. The number of aromatic nitrogens is 5. The van der Waals surface area contributed by atoms with Gasteiger partial charge in [0.05, 0.1) is 0 Å². The molecule has 0 spiro atoms. The van der Waals surface area contributed by atoms with Gasteiger partial charge < -0.3 is 5.73 Å². The molecule has 6 nitrogen and oxygen atoms in total. The van der Waals surface area contributed by atoms with Crippen LogP contribution in [0.25, 0.3) is 0 Å². The zero-order chi connectivity index (χ0) is 10.8. The van der Waals surface area contributed by atoms with Crippen molar-refractivity contribution >= 4 is 17.4 Å². The molecule has 78 valence electrons. The van der Waals surface area contributed by atoms with Crippen LogP contribution in [0.15, 0.2) is 22.4 Å². The first-order chi connectivity index (χ1) is 7.16. The third kappa shape index (κ3) is 2.07. The maximum absolute atomic E-state index is 5.78. The van der Waals surface area contributed by atoms with E-state index in [4.69, 9.17) is 5.73 Å². The Morgan fingerprint density at radius 1 is 1.47 bits per heavy atom. The highest BCUT2D eigenvalue weighted by molar-refractivity contribution is 7.99. The van der Waals surface area contributed by atoms with Crippen LogP contribution >= 0.6 is 11.8 Å². The van der Waals surface area contributed by atoms with Crippen LogP contribution in [0.5, 0.6) is 0 Å². The number of nitrogen functional groups attached to an aromatic ring is 1. The van der Waals surface area contributed by atoms with E-state index in [1.807, 2.05) is 13.0 Å². The number of nitrogens with two attached hydrogens (primary N) is 1. The minimum absolute atomic E-state index is 0.686. The van der Waals surface area contributed by atoms with Gasteiger partial charge in [-0.1, -0.05) is 0 Å². The molecule has 0 fully saturated rings. The van der Waals surface area contributed by atoms with E-state index < -0.39 is 0 Å². The second-order valence-corrected chi connectivity index (χ2v) is 4.05. The molecular weight excluding hydrogens is 212 g/mol. The summed E-state index contributed by atoms with van der Waals surface area (Å²) in [5, 5.41) is 12.6. The highest BCUT2D eigenvalue weighted by atomic mass is 32.2. The largest absolute Gasteiger partial charge is 0.398 e. The van der Waals surface area contributed by atoms with Gasteiger partial charge >= 0.3 is 0 Å². The van der Waals surface area contributed by atoms with Gasteiger partial charge in [-0.15, -0.1) is 5.10 Å². The fraction of sp³-hybridized carbons (Fsp3) is 0.250. The molecule has 7 heteroatoms. The van der Waals surface area contributed by atoms with Crippen LogP contribution in [0.3, 0.4) is 0 Å². The molecular formula is C8H10N6S. The number of aryl methyl sites for hydroxylation is 2. The third-order valence-corrected chi connectivity index (χ3v) is 2.86. The van der Waals surface area contributed by atoms with Crippen LogP contribution in [-0.4, -0.2) is 25.2 Å². The molecule has 0 aliphatic carbocycles. The summed E-state index contributed by atoms with van der Waals surface area (Å²) in [7, 11) is 1.78. The second-order valence-electron chi connectivity index (χ2n) is 3.07. The van der Waals surface area contributed by atoms with Gasteiger partial charge in [-0.05, 0) is 40.7 Å². The fourth-order valence-corrected chi connectivity index (χ4v) is 1.70. The fourth-order valence-electron chi connectivity index (χ4n) is 0.976. The monoisotopic (exact) mass is 222 g/mol. The van der Waals surface area contributed by atoms with Crippen molar-refractivity contribution in [2.45, 2.75) is 17.1 Å². The van der Waals surface area contributed by atoms with Crippen LogP contribution < -0.4 is 5.73 Å². The van der Waals surface area contributed by atoms with E-state index in [9.17, 15) is 0 Å². The zero-order valence-corrected chi connectivity index (χ0v) is 9.19. The number of hydrogen-bond acceptors (Lipinski definition) is 6. The Morgan fingerprint density at radius 2 is 2.27 bits per heavy atom. The van der Waals surface area contributed by atoms with Crippen molar-refractivity contribution in [1.82, 2.24) is 25.2 Å². The Bertz CT molecular complexity index is 480. The molecule has 2 heterocycles. The van der Waals surface area contributed by atoms with Crippen molar-refractivity contribution in [3.8, 4) is 0 Å². The van der Waals surface area contributed by atoms with Gasteiger partial charge in [-0.2, -0.15) is 0 Å².